The number of nitrogens with one attached hydrogen (secondary N) is 1. The molecule has 2 bridgehead atoms. The van der Waals surface area contributed by atoms with Crippen LogP contribution in [0.4, 0.5) is 5.69 Å². The molecule has 0 aliphatic carbocycles. The van der Waals surface area contributed by atoms with Crippen molar-refractivity contribution in [2.45, 2.75) is 82.1 Å². The number of aryl methyl sites for hydroxylation is 1. The summed E-state index contributed by atoms with van der Waals surface area (Å²) in [5, 5.41) is 12.8. The molecule has 11 heteroatoms. The first kappa shape index (κ1) is 37.3. The van der Waals surface area contributed by atoms with Gasteiger partial charge in [0.1, 0.15) is 18.2 Å². The number of fused-ring (bicyclic) bond motifs is 1. The topological polar surface area (TPSA) is 125 Å². The maximum atomic E-state index is 14.9. The van der Waals surface area contributed by atoms with E-state index in [1.165, 1.54) is 0 Å². The van der Waals surface area contributed by atoms with Crippen molar-refractivity contribution in [2.75, 3.05) is 31.2 Å². The zero-order chi connectivity index (χ0) is 35.8. The maximum absolute atomic E-state index is 14.9. The molecule has 10 nitrogen and oxygen atoms in total. The Labute approximate surface area is 299 Å². The van der Waals surface area contributed by atoms with Gasteiger partial charge >= 0.3 is 5.97 Å². The van der Waals surface area contributed by atoms with Crippen LogP contribution in [-0.4, -0.2) is 77.7 Å². The van der Waals surface area contributed by atoms with Gasteiger partial charge in [-0.2, -0.15) is 0 Å². The standard InChI is InChI=1S/C39H48ClN3O7/c1-4-6-19-31(45)49-25-29(27-16-10-9-11-17-27)41-36(46)32-30-20-21-39(50-30)33(32)37(47)43(23-12-7-8-13-24-44)35(39)38(48)42(22-5-2)34-26(3)15-14-18-28(34)40/h4-5,9-11,14-18,29-30,32-33,35,44H,1-2,6-8,12-13,19-25H2,3H3,(H,41,46)/t29-,30-,32+,33+,35-,39+/m1/s1. The summed E-state index contributed by atoms with van der Waals surface area (Å²) in [5.74, 6) is -3.12. The Balaban J connectivity index is 1.46. The second-order valence-corrected chi connectivity index (χ2v) is 13.8. The number of halogens is 1. The number of likely N-dealkylation sites (tertiary alicyclic amines) is 1. The quantitative estimate of drug-likeness (QED) is 0.120. The second-order valence-electron chi connectivity index (χ2n) is 13.4. The van der Waals surface area contributed by atoms with Gasteiger partial charge < -0.3 is 29.7 Å². The molecule has 2 aromatic carbocycles. The number of benzene rings is 2. The molecular formula is C39H48ClN3O7. The molecule has 50 heavy (non-hydrogen) atoms. The summed E-state index contributed by atoms with van der Waals surface area (Å²) < 4.78 is 12.2. The van der Waals surface area contributed by atoms with Crippen molar-refractivity contribution in [3.05, 3.63) is 90.0 Å². The third kappa shape index (κ3) is 7.53. The van der Waals surface area contributed by atoms with Crippen molar-refractivity contribution in [3.63, 3.8) is 0 Å². The fourth-order valence-corrected chi connectivity index (χ4v) is 8.22. The molecule has 3 aliphatic heterocycles. The number of para-hydroxylation sites is 1. The number of rotatable bonds is 18. The van der Waals surface area contributed by atoms with Crippen LogP contribution in [0.2, 0.25) is 5.02 Å². The fraction of sp³-hybridized carbons (Fsp3) is 0.487. The monoisotopic (exact) mass is 705 g/mol. The molecule has 3 heterocycles. The van der Waals surface area contributed by atoms with E-state index in [2.05, 4.69) is 18.5 Å². The summed E-state index contributed by atoms with van der Waals surface area (Å²) in [7, 11) is 0. The Bertz CT molecular complexity index is 1550. The summed E-state index contributed by atoms with van der Waals surface area (Å²) in [6, 6.07) is 13.0. The molecular weight excluding hydrogens is 658 g/mol. The average molecular weight is 706 g/mol. The van der Waals surface area contributed by atoms with Gasteiger partial charge in [-0.3, -0.25) is 19.2 Å². The number of anilines is 1. The van der Waals surface area contributed by atoms with Crippen LogP contribution in [0.3, 0.4) is 0 Å². The van der Waals surface area contributed by atoms with Crippen LogP contribution in [0.25, 0.3) is 0 Å². The molecule has 3 amide bonds. The minimum atomic E-state index is -1.21. The van der Waals surface area contributed by atoms with E-state index in [0.717, 1.165) is 24.0 Å². The van der Waals surface area contributed by atoms with Crippen molar-refractivity contribution in [2.24, 2.45) is 11.8 Å². The van der Waals surface area contributed by atoms with Gasteiger partial charge in [0.15, 0.2) is 0 Å². The number of hydrogen-bond acceptors (Lipinski definition) is 7. The Morgan fingerprint density at radius 2 is 1.88 bits per heavy atom. The largest absolute Gasteiger partial charge is 0.463 e. The maximum Gasteiger partial charge on any atom is 0.306 e. The molecule has 3 aliphatic rings. The van der Waals surface area contributed by atoms with E-state index in [1.54, 1.807) is 28.0 Å². The zero-order valence-electron chi connectivity index (χ0n) is 28.7. The van der Waals surface area contributed by atoms with Gasteiger partial charge in [-0.05, 0) is 56.2 Å². The molecule has 1 spiro atoms. The van der Waals surface area contributed by atoms with Gasteiger partial charge in [-0.1, -0.05) is 79.1 Å². The fourth-order valence-electron chi connectivity index (χ4n) is 7.90. The van der Waals surface area contributed by atoms with Crippen molar-refractivity contribution in [3.8, 4) is 0 Å². The van der Waals surface area contributed by atoms with Gasteiger partial charge in [-0.15, -0.1) is 13.2 Å². The highest BCUT2D eigenvalue weighted by atomic mass is 35.5. The average Bonchev–Trinajstić information content (AvgIpc) is 3.76. The van der Waals surface area contributed by atoms with E-state index in [9.17, 15) is 24.3 Å². The molecule has 6 atom stereocenters. The number of amides is 3. The van der Waals surface area contributed by atoms with Gasteiger partial charge in [0, 0.05) is 26.1 Å². The highest BCUT2D eigenvalue weighted by Gasteiger charge is 2.74. The summed E-state index contributed by atoms with van der Waals surface area (Å²) >= 11 is 6.68. The van der Waals surface area contributed by atoms with Gasteiger partial charge in [0.2, 0.25) is 11.8 Å². The first-order valence-corrected chi connectivity index (χ1v) is 17.9. The van der Waals surface area contributed by atoms with E-state index >= 15 is 0 Å². The number of aliphatic hydroxyl groups is 1. The van der Waals surface area contributed by atoms with Gasteiger partial charge in [0.25, 0.3) is 5.91 Å². The number of hydrogen-bond donors (Lipinski definition) is 2. The number of carbonyl (C=O) groups is 4. The van der Waals surface area contributed by atoms with E-state index in [0.29, 0.717) is 49.4 Å². The van der Waals surface area contributed by atoms with Crippen molar-refractivity contribution >= 4 is 41.0 Å². The van der Waals surface area contributed by atoms with Gasteiger partial charge in [-0.25, -0.2) is 0 Å². The molecule has 268 valence electrons. The normalized spacial score (nSPS) is 24.1. The van der Waals surface area contributed by atoms with E-state index in [1.807, 2.05) is 49.4 Å². The van der Waals surface area contributed by atoms with E-state index in [-0.39, 0.29) is 43.9 Å². The summed E-state index contributed by atoms with van der Waals surface area (Å²) in [4.78, 5) is 59.4. The lowest BCUT2D eigenvalue weighted by Crippen LogP contribution is -2.56. The number of nitrogens with zero attached hydrogens (tertiary/aromatic N) is 2. The number of carbonyl (C=O) groups excluding carboxylic acids is 4. The zero-order valence-corrected chi connectivity index (χ0v) is 29.5. The van der Waals surface area contributed by atoms with E-state index in [4.69, 9.17) is 21.1 Å². The van der Waals surface area contributed by atoms with Crippen LogP contribution in [0.1, 0.15) is 68.5 Å². The lowest BCUT2D eigenvalue weighted by molar-refractivity contribution is -0.146. The molecule has 0 aromatic heterocycles. The van der Waals surface area contributed by atoms with Crippen LogP contribution in [0.15, 0.2) is 73.8 Å². The van der Waals surface area contributed by atoms with Crippen LogP contribution in [0.5, 0.6) is 0 Å². The van der Waals surface area contributed by atoms with Crippen molar-refractivity contribution < 1.29 is 33.8 Å². The Morgan fingerprint density at radius 1 is 1.12 bits per heavy atom. The Hall–Kier alpha value is -3.99. The first-order chi connectivity index (χ1) is 24.2. The lowest BCUT2D eigenvalue weighted by atomic mass is 9.70. The number of ether oxygens (including phenoxy) is 2. The molecule has 0 radical (unpaired) electrons. The van der Waals surface area contributed by atoms with Crippen LogP contribution in [-0.2, 0) is 28.7 Å². The number of unbranched alkanes of at least 4 members (excludes halogenated alkanes) is 3. The highest BCUT2D eigenvalue weighted by molar-refractivity contribution is 6.34. The summed E-state index contributed by atoms with van der Waals surface area (Å²) in [6.07, 6.45) is 7.15. The van der Waals surface area contributed by atoms with Crippen LogP contribution in [0, 0.1) is 18.8 Å². The van der Waals surface area contributed by atoms with Crippen LogP contribution >= 0.6 is 11.6 Å². The number of aliphatic hydroxyl groups excluding tert-OH is 1. The molecule has 3 fully saturated rings. The smallest absolute Gasteiger partial charge is 0.306 e. The predicted molar refractivity (Wildman–Crippen MR) is 191 cm³/mol. The second kappa shape index (κ2) is 16.8. The number of allylic oxidation sites excluding steroid dienone is 1. The minimum Gasteiger partial charge on any atom is -0.463 e. The predicted octanol–water partition coefficient (Wildman–Crippen LogP) is 5.46. The molecule has 3 saturated heterocycles. The molecule has 0 unspecified atom stereocenters. The van der Waals surface area contributed by atoms with E-state index < -0.39 is 41.6 Å². The molecule has 5 rings (SSSR count). The first-order valence-electron chi connectivity index (χ1n) is 17.6. The third-order valence-electron chi connectivity index (χ3n) is 10.2. The molecule has 2 N–H and O–H groups in total. The van der Waals surface area contributed by atoms with Crippen LogP contribution < -0.4 is 10.2 Å². The molecule has 2 aromatic rings. The van der Waals surface area contributed by atoms with Gasteiger partial charge in [0.05, 0.1) is 34.7 Å². The number of esters is 1. The Morgan fingerprint density at radius 3 is 2.58 bits per heavy atom. The lowest BCUT2D eigenvalue weighted by Gasteiger charge is -2.37. The SMILES string of the molecule is C=CCCC(=O)OC[C@@H](NC(=O)[C@@H]1[C@H]2C(=O)N(CCCCCCO)[C@H](C(=O)N(CC=C)c3c(C)cccc3Cl)[C@]23CC[C@H]1O3)c1ccccc1. The van der Waals surface area contributed by atoms with Crippen molar-refractivity contribution in [1.82, 2.24) is 10.2 Å². The summed E-state index contributed by atoms with van der Waals surface area (Å²) in [5.41, 5.74) is 0.888. The highest BCUT2D eigenvalue weighted by Crippen LogP contribution is 2.59. The molecule has 0 saturated carbocycles. The minimum absolute atomic E-state index is 0.0808. The Kier molecular flexibility index (Phi) is 12.5. The van der Waals surface area contributed by atoms with Crippen molar-refractivity contribution in [1.29, 1.82) is 0 Å². The third-order valence-corrected chi connectivity index (χ3v) is 10.5. The summed E-state index contributed by atoms with van der Waals surface area (Å²) in [6.45, 7) is 9.89.